The Hall–Kier alpha value is -2.69. The van der Waals surface area contributed by atoms with Gasteiger partial charge in [-0.05, 0) is 57.4 Å². The molecule has 0 spiro atoms. The number of unbranched alkanes of at least 4 members (excludes halogenated alkanes) is 1. The van der Waals surface area contributed by atoms with Crippen molar-refractivity contribution in [2.24, 2.45) is 0 Å². The first-order valence-corrected chi connectivity index (χ1v) is 8.90. The first-order chi connectivity index (χ1) is 12.3. The standard InChI is InChI=1S/C21H28N2O3/c1-21(2,3)26-20(24)23-13-7-8-14-25-19-12-11-17(22)15-18(19)16-9-5-4-6-10-16/h4-6,9-12,15H,7-8,13-14,22H2,1-3H3,(H,23,24). The Morgan fingerprint density at radius 1 is 1.08 bits per heavy atom. The van der Waals surface area contributed by atoms with Gasteiger partial charge in [0.15, 0.2) is 0 Å². The highest BCUT2D eigenvalue weighted by Crippen LogP contribution is 2.31. The fourth-order valence-corrected chi connectivity index (χ4v) is 2.43. The van der Waals surface area contributed by atoms with Crippen molar-refractivity contribution in [2.75, 3.05) is 18.9 Å². The van der Waals surface area contributed by atoms with Gasteiger partial charge in [-0.1, -0.05) is 30.3 Å². The lowest BCUT2D eigenvalue weighted by molar-refractivity contribution is 0.0526. The van der Waals surface area contributed by atoms with E-state index in [2.05, 4.69) is 5.32 Å². The fourth-order valence-electron chi connectivity index (χ4n) is 2.43. The lowest BCUT2D eigenvalue weighted by Gasteiger charge is -2.19. The van der Waals surface area contributed by atoms with Crippen molar-refractivity contribution in [2.45, 2.75) is 39.2 Å². The summed E-state index contributed by atoms with van der Waals surface area (Å²) in [6.45, 7) is 6.66. The minimum Gasteiger partial charge on any atom is -0.493 e. The Balaban J connectivity index is 1.79. The quantitative estimate of drug-likeness (QED) is 0.561. The average molecular weight is 356 g/mol. The van der Waals surface area contributed by atoms with E-state index in [0.29, 0.717) is 18.8 Å². The van der Waals surface area contributed by atoms with Gasteiger partial charge in [-0.25, -0.2) is 4.79 Å². The molecule has 0 aliphatic heterocycles. The van der Waals surface area contributed by atoms with Crippen LogP contribution in [0, 0.1) is 0 Å². The highest BCUT2D eigenvalue weighted by atomic mass is 16.6. The zero-order valence-electron chi connectivity index (χ0n) is 15.7. The maximum Gasteiger partial charge on any atom is 0.407 e. The molecule has 140 valence electrons. The summed E-state index contributed by atoms with van der Waals surface area (Å²) in [4.78, 5) is 11.6. The molecule has 0 radical (unpaired) electrons. The van der Waals surface area contributed by atoms with Gasteiger partial charge in [0.05, 0.1) is 6.61 Å². The van der Waals surface area contributed by atoms with Gasteiger partial charge in [0.25, 0.3) is 0 Å². The van der Waals surface area contributed by atoms with Crippen molar-refractivity contribution < 1.29 is 14.3 Å². The summed E-state index contributed by atoms with van der Waals surface area (Å²) >= 11 is 0. The molecule has 2 aromatic carbocycles. The molecular formula is C21H28N2O3. The molecule has 0 fully saturated rings. The minimum atomic E-state index is -0.476. The van der Waals surface area contributed by atoms with E-state index in [0.717, 1.165) is 29.7 Å². The molecule has 0 bridgehead atoms. The van der Waals surface area contributed by atoms with Gasteiger partial charge in [-0.2, -0.15) is 0 Å². The number of hydrogen-bond donors (Lipinski definition) is 2. The molecule has 3 N–H and O–H groups in total. The van der Waals surface area contributed by atoms with E-state index in [4.69, 9.17) is 15.2 Å². The predicted molar refractivity (Wildman–Crippen MR) is 105 cm³/mol. The summed E-state index contributed by atoms with van der Waals surface area (Å²) in [6.07, 6.45) is 1.26. The van der Waals surface area contributed by atoms with Crippen LogP contribution in [0.2, 0.25) is 0 Å². The van der Waals surface area contributed by atoms with E-state index >= 15 is 0 Å². The summed E-state index contributed by atoms with van der Waals surface area (Å²) in [5.74, 6) is 0.811. The van der Waals surface area contributed by atoms with E-state index in [1.54, 1.807) is 0 Å². The first-order valence-electron chi connectivity index (χ1n) is 8.90. The molecular weight excluding hydrogens is 328 g/mol. The van der Waals surface area contributed by atoms with Crippen LogP contribution in [-0.2, 0) is 4.74 Å². The molecule has 2 aromatic rings. The van der Waals surface area contributed by atoms with Crippen molar-refractivity contribution in [1.82, 2.24) is 5.32 Å². The Bertz CT molecular complexity index is 709. The van der Waals surface area contributed by atoms with Crippen LogP contribution in [0.4, 0.5) is 10.5 Å². The van der Waals surface area contributed by atoms with Gasteiger partial charge < -0.3 is 20.5 Å². The van der Waals surface area contributed by atoms with Crippen molar-refractivity contribution in [3.8, 4) is 16.9 Å². The molecule has 0 unspecified atom stereocenters. The SMILES string of the molecule is CC(C)(C)OC(=O)NCCCCOc1ccc(N)cc1-c1ccccc1. The van der Waals surface area contributed by atoms with Crippen molar-refractivity contribution in [1.29, 1.82) is 0 Å². The maximum absolute atomic E-state index is 11.6. The van der Waals surface area contributed by atoms with Crippen LogP contribution in [0.3, 0.4) is 0 Å². The van der Waals surface area contributed by atoms with E-state index in [1.807, 2.05) is 69.3 Å². The monoisotopic (exact) mass is 356 g/mol. The van der Waals surface area contributed by atoms with Crippen molar-refractivity contribution in [3.63, 3.8) is 0 Å². The van der Waals surface area contributed by atoms with Crippen LogP contribution < -0.4 is 15.8 Å². The smallest absolute Gasteiger partial charge is 0.407 e. The summed E-state index contributed by atoms with van der Waals surface area (Å²) < 4.78 is 11.1. The van der Waals surface area contributed by atoms with Crippen molar-refractivity contribution in [3.05, 3.63) is 48.5 Å². The Morgan fingerprint density at radius 2 is 1.81 bits per heavy atom. The second kappa shape index (κ2) is 9.13. The van der Waals surface area contributed by atoms with Crippen molar-refractivity contribution >= 4 is 11.8 Å². The van der Waals surface area contributed by atoms with Crippen LogP contribution in [0.25, 0.3) is 11.1 Å². The molecule has 2 rings (SSSR count). The Labute approximate surface area is 155 Å². The summed E-state index contributed by atoms with van der Waals surface area (Å²) in [5.41, 5.74) is 8.21. The lowest BCUT2D eigenvalue weighted by Crippen LogP contribution is -2.33. The second-order valence-electron chi connectivity index (χ2n) is 7.11. The molecule has 26 heavy (non-hydrogen) atoms. The van der Waals surface area contributed by atoms with E-state index < -0.39 is 5.60 Å². The largest absolute Gasteiger partial charge is 0.493 e. The summed E-state index contributed by atoms with van der Waals surface area (Å²) in [5, 5.41) is 2.75. The third kappa shape index (κ3) is 6.67. The van der Waals surface area contributed by atoms with Crippen LogP contribution in [0.5, 0.6) is 5.75 Å². The highest BCUT2D eigenvalue weighted by molar-refractivity contribution is 5.73. The average Bonchev–Trinajstić information content (AvgIpc) is 2.58. The van der Waals surface area contributed by atoms with Gasteiger partial charge in [-0.15, -0.1) is 0 Å². The number of rotatable bonds is 7. The number of carbonyl (C=O) groups excluding carboxylic acids is 1. The second-order valence-corrected chi connectivity index (χ2v) is 7.11. The van der Waals surface area contributed by atoms with E-state index in [9.17, 15) is 4.79 Å². The van der Waals surface area contributed by atoms with Crippen LogP contribution in [0.15, 0.2) is 48.5 Å². The number of nitrogens with one attached hydrogen (secondary N) is 1. The maximum atomic E-state index is 11.6. The number of nitrogens with two attached hydrogens (primary N) is 1. The Morgan fingerprint density at radius 3 is 2.50 bits per heavy atom. The number of ether oxygens (including phenoxy) is 2. The van der Waals surface area contributed by atoms with E-state index in [-0.39, 0.29) is 6.09 Å². The third-order valence-electron chi connectivity index (χ3n) is 3.59. The number of nitrogen functional groups attached to an aromatic ring is 1. The predicted octanol–water partition coefficient (Wildman–Crippen LogP) is 4.62. The molecule has 0 saturated heterocycles. The molecule has 1 amide bonds. The normalized spacial score (nSPS) is 11.0. The number of anilines is 1. The third-order valence-corrected chi connectivity index (χ3v) is 3.59. The van der Waals surface area contributed by atoms with Gasteiger partial charge in [0, 0.05) is 17.8 Å². The number of amides is 1. The molecule has 0 atom stereocenters. The van der Waals surface area contributed by atoms with Crippen LogP contribution in [0.1, 0.15) is 33.6 Å². The fraction of sp³-hybridized carbons (Fsp3) is 0.381. The number of carbonyl (C=O) groups is 1. The van der Waals surface area contributed by atoms with Gasteiger partial charge in [-0.3, -0.25) is 0 Å². The van der Waals surface area contributed by atoms with Crippen LogP contribution >= 0.6 is 0 Å². The Kier molecular flexibility index (Phi) is 6.89. The molecule has 0 aliphatic rings. The number of benzene rings is 2. The topological polar surface area (TPSA) is 73.6 Å². The molecule has 0 saturated carbocycles. The molecule has 5 nitrogen and oxygen atoms in total. The summed E-state index contributed by atoms with van der Waals surface area (Å²) in [7, 11) is 0. The first kappa shape index (κ1) is 19.6. The van der Waals surface area contributed by atoms with Crippen LogP contribution in [-0.4, -0.2) is 24.8 Å². The molecule has 0 aliphatic carbocycles. The van der Waals surface area contributed by atoms with Gasteiger partial charge >= 0.3 is 6.09 Å². The van der Waals surface area contributed by atoms with E-state index in [1.165, 1.54) is 0 Å². The van der Waals surface area contributed by atoms with Gasteiger partial charge in [0.1, 0.15) is 11.4 Å². The van der Waals surface area contributed by atoms with Gasteiger partial charge in [0.2, 0.25) is 0 Å². The zero-order chi connectivity index (χ0) is 19.0. The summed E-state index contributed by atoms with van der Waals surface area (Å²) in [6, 6.07) is 15.7. The lowest BCUT2D eigenvalue weighted by atomic mass is 10.0. The highest BCUT2D eigenvalue weighted by Gasteiger charge is 2.15. The molecule has 5 heteroatoms. The number of hydrogen-bond acceptors (Lipinski definition) is 4. The zero-order valence-corrected chi connectivity index (χ0v) is 15.7. The molecule has 0 heterocycles. The minimum absolute atomic E-state index is 0.386. The molecule has 0 aromatic heterocycles. The number of alkyl carbamates (subject to hydrolysis) is 1.